The standard InChI is InChI=1S/C22H19N3O4S/c1-13(21(27)24-16-9-4-8-15-14(16)6-5-11-23-15)29-20(26)12-19-22(28)25-17-7-2-3-10-18(17)30-19/h2-11,13,19H,12H2,1H3,(H,24,27)(H,25,28). The zero-order valence-electron chi connectivity index (χ0n) is 16.1. The molecule has 30 heavy (non-hydrogen) atoms. The lowest BCUT2D eigenvalue weighted by molar-refractivity contribution is -0.153. The van der Waals surface area contributed by atoms with Crippen molar-refractivity contribution >= 4 is 51.8 Å². The Morgan fingerprint density at radius 3 is 2.87 bits per heavy atom. The summed E-state index contributed by atoms with van der Waals surface area (Å²) in [6, 6.07) is 16.4. The van der Waals surface area contributed by atoms with Crippen LogP contribution in [0.3, 0.4) is 0 Å². The minimum absolute atomic E-state index is 0.124. The summed E-state index contributed by atoms with van der Waals surface area (Å²) in [7, 11) is 0. The smallest absolute Gasteiger partial charge is 0.308 e. The number of thioether (sulfide) groups is 1. The second-order valence-electron chi connectivity index (χ2n) is 6.79. The largest absolute Gasteiger partial charge is 0.452 e. The van der Waals surface area contributed by atoms with E-state index in [9.17, 15) is 14.4 Å². The first-order valence-corrected chi connectivity index (χ1v) is 10.3. The summed E-state index contributed by atoms with van der Waals surface area (Å²) >= 11 is 1.31. The molecule has 2 atom stereocenters. The van der Waals surface area contributed by atoms with Crippen LogP contribution in [0.25, 0.3) is 10.9 Å². The molecule has 8 heteroatoms. The number of benzene rings is 2. The van der Waals surface area contributed by atoms with E-state index in [0.29, 0.717) is 5.69 Å². The van der Waals surface area contributed by atoms with Crippen molar-refractivity contribution in [1.82, 2.24) is 4.98 Å². The van der Waals surface area contributed by atoms with Crippen LogP contribution in [-0.4, -0.2) is 34.1 Å². The van der Waals surface area contributed by atoms with Gasteiger partial charge in [-0.05, 0) is 43.3 Å². The number of rotatable bonds is 5. The Hall–Kier alpha value is -3.39. The fraction of sp³-hybridized carbons (Fsp3) is 0.182. The molecule has 2 aromatic carbocycles. The highest BCUT2D eigenvalue weighted by atomic mass is 32.2. The molecule has 1 aliphatic rings. The number of pyridine rings is 1. The molecule has 1 aliphatic heterocycles. The van der Waals surface area contributed by atoms with Crippen molar-refractivity contribution in [3.8, 4) is 0 Å². The monoisotopic (exact) mass is 421 g/mol. The average Bonchev–Trinajstić information content (AvgIpc) is 2.74. The maximum absolute atomic E-state index is 12.5. The van der Waals surface area contributed by atoms with E-state index in [4.69, 9.17) is 4.74 Å². The van der Waals surface area contributed by atoms with E-state index in [0.717, 1.165) is 21.5 Å². The third-order valence-corrected chi connectivity index (χ3v) is 5.91. The predicted molar refractivity (Wildman–Crippen MR) is 115 cm³/mol. The van der Waals surface area contributed by atoms with E-state index in [-0.39, 0.29) is 12.3 Å². The fourth-order valence-corrected chi connectivity index (χ4v) is 4.22. The molecule has 2 amide bonds. The molecule has 0 spiro atoms. The second kappa shape index (κ2) is 8.54. The number of nitrogens with zero attached hydrogens (tertiary/aromatic N) is 1. The molecule has 0 fully saturated rings. The van der Waals surface area contributed by atoms with Crippen molar-refractivity contribution in [3.63, 3.8) is 0 Å². The van der Waals surface area contributed by atoms with Gasteiger partial charge in [-0.15, -0.1) is 11.8 Å². The number of hydrogen-bond acceptors (Lipinski definition) is 6. The SMILES string of the molecule is CC(OC(=O)CC1Sc2ccccc2NC1=O)C(=O)Nc1cccc2ncccc12. The number of esters is 1. The zero-order valence-corrected chi connectivity index (χ0v) is 16.9. The van der Waals surface area contributed by atoms with Crippen molar-refractivity contribution in [2.24, 2.45) is 0 Å². The summed E-state index contributed by atoms with van der Waals surface area (Å²) in [5, 5.41) is 5.75. The summed E-state index contributed by atoms with van der Waals surface area (Å²) in [6.45, 7) is 1.50. The quantitative estimate of drug-likeness (QED) is 0.611. The number of hydrogen-bond donors (Lipinski definition) is 2. The molecule has 2 N–H and O–H groups in total. The molecule has 2 heterocycles. The maximum atomic E-state index is 12.5. The molecule has 0 saturated carbocycles. The molecule has 2 unspecified atom stereocenters. The van der Waals surface area contributed by atoms with E-state index in [1.807, 2.05) is 36.4 Å². The van der Waals surface area contributed by atoms with Crippen LogP contribution in [0.5, 0.6) is 0 Å². The first-order chi connectivity index (χ1) is 14.5. The van der Waals surface area contributed by atoms with Crippen LogP contribution in [0.2, 0.25) is 0 Å². The number of carbonyl (C=O) groups excluding carboxylic acids is 3. The lowest BCUT2D eigenvalue weighted by Crippen LogP contribution is -2.34. The van der Waals surface area contributed by atoms with Gasteiger partial charge in [-0.2, -0.15) is 0 Å². The zero-order chi connectivity index (χ0) is 21.1. The maximum Gasteiger partial charge on any atom is 0.308 e. The van der Waals surface area contributed by atoms with E-state index in [2.05, 4.69) is 15.6 Å². The second-order valence-corrected chi connectivity index (χ2v) is 8.04. The van der Waals surface area contributed by atoms with E-state index in [1.165, 1.54) is 18.7 Å². The lowest BCUT2D eigenvalue weighted by atomic mass is 10.2. The summed E-state index contributed by atoms with van der Waals surface area (Å²) in [5.41, 5.74) is 2.07. The molecule has 4 rings (SSSR count). The van der Waals surface area contributed by atoms with Gasteiger partial charge in [0, 0.05) is 16.5 Å². The third kappa shape index (κ3) is 4.28. The van der Waals surface area contributed by atoms with Crippen LogP contribution in [0.15, 0.2) is 65.7 Å². The normalized spacial score (nSPS) is 16.3. The minimum atomic E-state index is -1.01. The van der Waals surface area contributed by atoms with Crippen LogP contribution < -0.4 is 10.6 Å². The van der Waals surface area contributed by atoms with E-state index >= 15 is 0 Å². The van der Waals surface area contributed by atoms with Gasteiger partial charge in [-0.25, -0.2) is 0 Å². The van der Waals surface area contributed by atoms with E-state index in [1.54, 1.807) is 24.4 Å². The van der Waals surface area contributed by atoms with Gasteiger partial charge in [0.15, 0.2) is 6.10 Å². The summed E-state index contributed by atoms with van der Waals surface area (Å²) < 4.78 is 5.28. The number of para-hydroxylation sites is 1. The predicted octanol–water partition coefficient (Wildman–Crippen LogP) is 3.61. The Balaban J connectivity index is 1.36. The Bertz CT molecular complexity index is 1130. The molecule has 152 valence electrons. The highest BCUT2D eigenvalue weighted by Gasteiger charge is 2.30. The Morgan fingerprint density at radius 1 is 1.17 bits per heavy atom. The number of nitrogens with one attached hydrogen (secondary N) is 2. The summed E-state index contributed by atoms with van der Waals surface area (Å²) in [4.78, 5) is 42.3. The first-order valence-electron chi connectivity index (χ1n) is 9.42. The molecule has 3 aromatic rings. The van der Waals surface area contributed by atoms with Gasteiger partial charge < -0.3 is 15.4 Å². The average molecular weight is 421 g/mol. The van der Waals surface area contributed by atoms with Crippen LogP contribution in [0.4, 0.5) is 11.4 Å². The van der Waals surface area contributed by atoms with Crippen LogP contribution in [0.1, 0.15) is 13.3 Å². The highest BCUT2D eigenvalue weighted by molar-refractivity contribution is 8.01. The van der Waals surface area contributed by atoms with Crippen molar-refractivity contribution < 1.29 is 19.1 Å². The molecule has 0 radical (unpaired) electrons. The molecule has 0 aliphatic carbocycles. The van der Waals surface area contributed by atoms with Gasteiger partial charge in [0.05, 0.1) is 28.6 Å². The number of aromatic nitrogens is 1. The number of anilines is 2. The fourth-order valence-electron chi connectivity index (χ4n) is 3.12. The molecular weight excluding hydrogens is 402 g/mol. The third-order valence-electron chi connectivity index (χ3n) is 4.64. The van der Waals surface area contributed by atoms with Gasteiger partial charge in [-0.3, -0.25) is 19.4 Å². The molecule has 7 nitrogen and oxygen atoms in total. The van der Waals surface area contributed by atoms with Gasteiger partial charge in [0.25, 0.3) is 5.91 Å². The number of ether oxygens (including phenoxy) is 1. The number of carbonyl (C=O) groups is 3. The van der Waals surface area contributed by atoms with Gasteiger partial charge in [0.1, 0.15) is 0 Å². The van der Waals surface area contributed by atoms with Crippen LogP contribution in [0, 0.1) is 0 Å². The Morgan fingerprint density at radius 2 is 2.00 bits per heavy atom. The Kier molecular flexibility index (Phi) is 5.67. The van der Waals surface area contributed by atoms with Gasteiger partial charge in [0.2, 0.25) is 5.91 Å². The highest BCUT2D eigenvalue weighted by Crippen LogP contribution is 2.36. The summed E-state index contributed by atoms with van der Waals surface area (Å²) in [6.07, 6.45) is 0.546. The van der Waals surface area contributed by atoms with Crippen molar-refractivity contribution in [2.45, 2.75) is 29.6 Å². The Labute approximate surface area is 177 Å². The number of amides is 2. The summed E-state index contributed by atoms with van der Waals surface area (Å²) in [5.74, 6) is -1.31. The lowest BCUT2D eigenvalue weighted by Gasteiger charge is -2.23. The molecule has 0 saturated heterocycles. The van der Waals surface area contributed by atoms with Gasteiger partial charge in [-0.1, -0.05) is 18.2 Å². The van der Waals surface area contributed by atoms with Crippen LogP contribution >= 0.6 is 11.8 Å². The molecule has 0 bridgehead atoms. The topological polar surface area (TPSA) is 97.4 Å². The van der Waals surface area contributed by atoms with Crippen molar-refractivity contribution in [3.05, 3.63) is 60.8 Å². The van der Waals surface area contributed by atoms with Gasteiger partial charge >= 0.3 is 5.97 Å². The molecule has 1 aromatic heterocycles. The molecular formula is C22H19N3O4S. The first kappa shape index (κ1) is 19.9. The van der Waals surface area contributed by atoms with Crippen molar-refractivity contribution in [1.29, 1.82) is 0 Å². The van der Waals surface area contributed by atoms with Crippen molar-refractivity contribution in [2.75, 3.05) is 10.6 Å². The van der Waals surface area contributed by atoms with Crippen LogP contribution in [-0.2, 0) is 19.1 Å². The number of fused-ring (bicyclic) bond motifs is 2. The van der Waals surface area contributed by atoms with E-state index < -0.39 is 23.2 Å². The minimum Gasteiger partial charge on any atom is -0.452 e.